The molecule has 8 heteroatoms. The zero-order valence-electron chi connectivity index (χ0n) is 20.0. The summed E-state index contributed by atoms with van der Waals surface area (Å²) < 4.78 is 31.6. The van der Waals surface area contributed by atoms with E-state index in [0.29, 0.717) is 17.4 Å². The molecule has 0 aliphatic rings. The molecule has 0 unspecified atom stereocenters. The number of aryl methyl sites for hydroxylation is 2. The monoisotopic (exact) mass is 508 g/mol. The van der Waals surface area contributed by atoms with Crippen LogP contribution in [0.15, 0.2) is 71.6 Å². The Labute approximate surface area is 210 Å². The number of sulfone groups is 1. The SMILES string of the molecule is COc1ccc(S(=O)(=O)CCCC(=O)N(Cc2ccccc2)c2nc3cc(C)c(C)cc3s2)cc1. The van der Waals surface area contributed by atoms with Crippen LogP contribution in [0.5, 0.6) is 5.75 Å². The Bertz CT molecular complexity index is 1390. The predicted molar refractivity (Wildman–Crippen MR) is 141 cm³/mol. The number of amides is 1. The second-order valence-corrected chi connectivity index (χ2v) is 11.6. The van der Waals surface area contributed by atoms with Gasteiger partial charge >= 0.3 is 0 Å². The molecule has 0 aliphatic heterocycles. The van der Waals surface area contributed by atoms with Crippen LogP contribution in [-0.2, 0) is 21.2 Å². The number of benzene rings is 3. The van der Waals surface area contributed by atoms with Crippen molar-refractivity contribution in [1.29, 1.82) is 0 Å². The highest BCUT2D eigenvalue weighted by Crippen LogP contribution is 2.32. The standard InChI is InChI=1S/C27H28N2O4S2/c1-19-16-24-25(17-20(19)2)34-27(28-24)29(18-21-8-5-4-6-9-21)26(30)10-7-15-35(31,32)23-13-11-22(33-3)12-14-23/h4-6,8-9,11-14,16-17H,7,10,15,18H2,1-3H3. The van der Waals surface area contributed by atoms with Crippen molar-refractivity contribution in [2.75, 3.05) is 17.8 Å². The second-order valence-electron chi connectivity index (χ2n) is 8.46. The molecule has 182 valence electrons. The maximum Gasteiger partial charge on any atom is 0.229 e. The summed E-state index contributed by atoms with van der Waals surface area (Å²) in [4.78, 5) is 20.0. The topological polar surface area (TPSA) is 76.6 Å². The number of thiazole rings is 1. The maximum absolute atomic E-state index is 13.3. The van der Waals surface area contributed by atoms with Crippen LogP contribution in [-0.4, -0.2) is 32.2 Å². The molecule has 0 saturated heterocycles. The first-order valence-electron chi connectivity index (χ1n) is 11.4. The number of rotatable bonds is 9. The summed E-state index contributed by atoms with van der Waals surface area (Å²) in [5.74, 6) is 0.339. The van der Waals surface area contributed by atoms with Gasteiger partial charge in [-0.25, -0.2) is 13.4 Å². The Morgan fingerprint density at radius 3 is 2.37 bits per heavy atom. The fourth-order valence-corrected chi connectivity index (χ4v) is 6.13. The van der Waals surface area contributed by atoms with Gasteiger partial charge in [-0.15, -0.1) is 0 Å². The number of ether oxygens (including phenoxy) is 1. The van der Waals surface area contributed by atoms with E-state index in [1.54, 1.807) is 17.0 Å². The number of aromatic nitrogens is 1. The average molecular weight is 509 g/mol. The summed E-state index contributed by atoms with van der Waals surface area (Å²) in [6, 6.07) is 20.2. The Morgan fingerprint density at radius 2 is 1.69 bits per heavy atom. The van der Waals surface area contributed by atoms with E-state index in [1.807, 2.05) is 43.3 Å². The molecular formula is C27H28N2O4S2. The number of carbonyl (C=O) groups excluding carboxylic acids is 1. The Balaban J connectivity index is 1.52. The van der Waals surface area contributed by atoms with Gasteiger partial charge in [-0.1, -0.05) is 41.7 Å². The van der Waals surface area contributed by atoms with Gasteiger partial charge in [0.05, 0.1) is 34.5 Å². The fraction of sp³-hybridized carbons (Fsp3) is 0.259. The van der Waals surface area contributed by atoms with Crippen LogP contribution in [0.1, 0.15) is 29.5 Å². The Kier molecular flexibility index (Phi) is 7.52. The molecule has 1 amide bonds. The van der Waals surface area contributed by atoms with Gasteiger partial charge in [0.2, 0.25) is 5.91 Å². The minimum Gasteiger partial charge on any atom is -0.497 e. The van der Waals surface area contributed by atoms with E-state index >= 15 is 0 Å². The van der Waals surface area contributed by atoms with Crippen molar-refractivity contribution in [2.24, 2.45) is 0 Å². The van der Waals surface area contributed by atoms with E-state index in [9.17, 15) is 13.2 Å². The minimum atomic E-state index is -3.50. The molecule has 0 saturated carbocycles. The molecule has 1 heterocycles. The van der Waals surface area contributed by atoms with Crippen LogP contribution < -0.4 is 9.64 Å². The molecule has 6 nitrogen and oxygen atoms in total. The van der Waals surface area contributed by atoms with E-state index in [2.05, 4.69) is 13.0 Å². The van der Waals surface area contributed by atoms with E-state index in [0.717, 1.165) is 21.3 Å². The molecule has 0 bridgehead atoms. The van der Waals surface area contributed by atoms with E-state index < -0.39 is 9.84 Å². The van der Waals surface area contributed by atoms with Crippen molar-refractivity contribution in [3.05, 3.63) is 83.4 Å². The van der Waals surface area contributed by atoms with Gasteiger partial charge in [0.15, 0.2) is 15.0 Å². The molecule has 1 aromatic heterocycles. The molecule has 4 aromatic rings. The summed E-state index contributed by atoms with van der Waals surface area (Å²) in [6.45, 7) is 4.48. The number of anilines is 1. The van der Waals surface area contributed by atoms with Crippen molar-refractivity contribution in [1.82, 2.24) is 4.98 Å². The minimum absolute atomic E-state index is 0.107. The summed E-state index contributed by atoms with van der Waals surface area (Å²) in [7, 11) is -1.97. The molecule has 0 aliphatic carbocycles. The van der Waals surface area contributed by atoms with Gasteiger partial charge in [0.1, 0.15) is 5.75 Å². The van der Waals surface area contributed by atoms with Crippen LogP contribution in [0.3, 0.4) is 0 Å². The normalized spacial score (nSPS) is 11.5. The van der Waals surface area contributed by atoms with Crippen molar-refractivity contribution >= 4 is 42.4 Å². The van der Waals surface area contributed by atoms with Crippen LogP contribution in [0.25, 0.3) is 10.2 Å². The summed E-state index contributed by atoms with van der Waals surface area (Å²) in [5, 5.41) is 0.622. The lowest BCUT2D eigenvalue weighted by atomic mass is 10.1. The summed E-state index contributed by atoms with van der Waals surface area (Å²) in [5.41, 5.74) is 4.18. The van der Waals surface area contributed by atoms with Crippen molar-refractivity contribution < 1.29 is 17.9 Å². The van der Waals surface area contributed by atoms with E-state index in [4.69, 9.17) is 9.72 Å². The molecule has 0 atom stereocenters. The lowest BCUT2D eigenvalue weighted by molar-refractivity contribution is -0.118. The van der Waals surface area contributed by atoms with Crippen LogP contribution in [0.2, 0.25) is 0 Å². The number of fused-ring (bicyclic) bond motifs is 1. The summed E-state index contributed by atoms with van der Waals surface area (Å²) >= 11 is 1.48. The van der Waals surface area contributed by atoms with Crippen LogP contribution in [0.4, 0.5) is 5.13 Å². The van der Waals surface area contributed by atoms with Gasteiger partial charge in [-0.3, -0.25) is 9.69 Å². The highest BCUT2D eigenvalue weighted by Gasteiger charge is 2.22. The number of carbonyl (C=O) groups is 1. The predicted octanol–water partition coefficient (Wildman–Crippen LogP) is 5.71. The van der Waals surface area contributed by atoms with Crippen LogP contribution >= 0.6 is 11.3 Å². The molecule has 35 heavy (non-hydrogen) atoms. The third-order valence-corrected chi connectivity index (χ3v) is 8.79. The van der Waals surface area contributed by atoms with Crippen LogP contribution in [0, 0.1) is 13.8 Å². The second kappa shape index (κ2) is 10.6. The summed E-state index contributed by atoms with van der Waals surface area (Å²) in [6.07, 6.45) is 0.331. The van der Waals surface area contributed by atoms with Gasteiger partial charge in [0.25, 0.3) is 0 Å². The molecule has 4 rings (SSSR count). The molecule has 0 N–H and O–H groups in total. The average Bonchev–Trinajstić information content (AvgIpc) is 3.25. The smallest absolute Gasteiger partial charge is 0.229 e. The Hall–Kier alpha value is -3.23. The molecule has 3 aromatic carbocycles. The molecular weight excluding hydrogens is 480 g/mol. The first kappa shape index (κ1) is 24.9. The largest absolute Gasteiger partial charge is 0.497 e. The zero-order chi connectivity index (χ0) is 25.0. The van der Waals surface area contributed by atoms with Gasteiger partial charge in [-0.2, -0.15) is 0 Å². The highest BCUT2D eigenvalue weighted by atomic mass is 32.2. The molecule has 0 fully saturated rings. The number of hydrogen-bond acceptors (Lipinski definition) is 6. The third-order valence-electron chi connectivity index (χ3n) is 5.93. The van der Waals surface area contributed by atoms with Crippen molar-refractivity contribution in [3.63, 3.8) is 0 Å². The van der Waals surface area contributed by atoms with Gasteiger partial charge in [-0.05, 0) is 73.4 Å². The maximum atomic E-state index is 13.3. The first-order chi connectivity index (χ1) is 16.8. The molecule has 0 radical (unpaired) electrons. The lowest BCUT2D eigenvalue weighted by Gasteiger charge is -2.20. The highest BCUT2D eigenvalue weighted by molar-refractivity contribution is 7.91. The number of nitrogens with zero attached hydrogens (tertiary/aromatic N) is 2. The zero-order valence-corrected chi connectivity index (χ0v) is 21.7. The Morgan fingerprint density at radius 1 is 1.00 bits per heavy atom. The number of hydrogen-bond donors (Lipinski definition) is 0. The van der Waals surface area contributed by atoms with Gasteiger partial charge in [0, 0.05) is 6.42 Å². The molecule has 0 spiro atoms. The van der Waals surface area contributed by atoms with Crippen molar-refractivity contribution in [3.8, 4) is 5.75 Å². The third kappa shape index (κ3) is 5.89. The fourth-order valence-electron chi connectivity index (χ4n) is 3.76. The number of methoxy groups -OCH3 is 1. The van der Waals surface area contributed by atoms with Gasteiger partial charge < -0.3 is 4.74 Å². The quantitative estimate of drug-likeness (QED) is 0.289. The van der Waals surface area contributed by atoms with Crippen molar-refractivity contribution in [2.45, 2.75) is 38.1 Å². The lowest BCUT2D eigenvalue weighted by Crippen LogP contribution is -2.30. The van der Waals surface area contributed by atoms with E-state index in [-0.39, 0.29) is 29.4 Å². The van der Waals surface area contributed by atoms with E-state index in [1.165, 1.54) is 36.1 Å². The first-order valence-corrected chi connectivity index (χ1v) is 13.8.